The van der Waals surface area contributed by atoms with Crippen molar-refractivity contribution < 1.29 is 9.53 Å². The number of ether oxygens (including phenoxy) is 1. The second-order valence-corrected chi connectivity index (χ2v) is 5.91. The number of benzene rings is 1. The monoisotopic (exact) mass is 302 g/mol. The molecule has 0 spiro atoms. The first-order valence-corrected chi connectivity index (χ1v) is 7.90. The van der Waals surface area contributed by atoms with Gasteiger partial charge < -0.3 is 15.0 Å². The van der Waals surface area contributed by atoms with Crippen molar-refractivity contribution in [2.24, 2.45) is 5.92 Å². The van der Waals surface area contributed by atoms with Gasteiger partial charge in [-0.2, -0.15) is 0 Å². The highest BCUT2D eigenvalue weighted by atomic mass is 16.5. The van der Waals surface area contributed by atoms with Gasteiger partial charge in [-0.15, -0.1) is 0 Å². The topological polar surface area (TPSA) is 41.6 Å². The lowest BCUT2D eigenvalue weighted by Crippen LogP contribution is -2.41. The smallest absolute Gasteiger partial charge is 0.246 e. The molecule has 1 saturated heterocycles. The van der Waals surface area contributed by atoms with Crippen molar-refractivity contribution in [2.75, 3.05) is 33.8 Å². The summed E-state index contributed by atoms with van der Waals surface area (Å²) in [7, 11) is 3.62. The van der Waals surface area contributed by atoms with Crippen molar-refractivity contribution in [3.05, 3.63) is 35.9 Å². The summed E-state index contributed by atoms with van der Waals surface area (Å²) in [6, 6.07) is 7.81. The van der Waals surface area contributed by atoms with Crippen LogP contribution in [0.25, 0.3) is 5.57 Å². The van der Waals surface area contributed by atoms with Gasteiger partial charge in [0.25, 0.3) is 0 Å². The SMILES string of the molecule is CNCC1CCCN(C(=O)C=C(C)c2cccc(OC)c2)C1. The molecule has 1 unspecified atom stereocenters. The Kier molecular flexibility index (Phi) is 6.01. The molecule has 1 aromatic rings. The molecule has 1 atom stereocenters. The Balaban J connectivity index is 2.05. The minimum Gasteiger partial charge on any atom is -0.497 e. The summed E-state index contributed by atoms with van der Waals surface area (Å²) in [5.41, 5.74) is 2.00. The van der Waals surface area contributed by atoms with E-state index in [1.54, 1.807) is 13.2 Å². The highest BCUT2D eigenvalue weighted by Gasteiger charge is 2.22. The van der Waals surface area contributed by atoms with Crippen LogP contribution in [0.2, 0.25) is 0 Å². The average molecular weight is 302 g/mol. The van der Waals surface area contributed by atoms with E-state index < -0.39 is 0 Å². The fourth-order valence-electron chi connectivity index (χ4n) is 2.95. The summed E-state index contributed by atoms with van der Waals surface area (Å²) in [6.07, 6.45) is 4.03. The fraction of sp³-hybridized carbons (Fsp3) is 0.500. The van der Waals surface area contributed by atoms with Crippen molar-refractivity contribution in [1.82, 2.24) is 10.2 Å². The molecule has 0 bridgehead atoms. The predicted octanol–water partition coefficient (Wildman–Crippen LogP) is 2.56. The van der Waals surface area contributed by atoms with Crippen molar-refractivity contribution >= 4 is 11.5 Å². The van der Waals surface area contributed by atoms with Gasteiger partial charge in [0.1, 0.15) is 5.75 Å². The Morgan fingerprint density at radius 3 is 3.05 bits per heavy atom. The first-order valence-electron chi connectivity index (χ1n) is 7.90. The Hall–Kier alpha value is -1.81. The van der Waals surface area contributed by atoms with Gasteiger partial charge >= 0.3 is 0 Å². The number of methoxy groups -OCH3 is 1. The van der Waals surface area contributed by atoms with Gasteiger partial charge in [-0.1, -0.05) is 12.1 Å². The maximum Gasteiger partial charge on any atom is 0.246 e. The summed E-state index contributed by atoms with van der Waals surface area (Å²) in [5.74, 6) is 1.49. The van der Waals surface area contributed by atoms with E-state index in [2.05, 4.69) is 5.32 Å². The van der Waals surface area contributed by atoms with E-state index in [0.29, 0.717) is 5.92 Å². The van der Waals surface area contributed by atoms with Gasteiger partial charge in [0.2, 0.25) is 5.91 Å². The number of likely N-dealkylation sites (tertiary alicyclic amines) is 1. The van der Waals surface area contributed by atoms with Crippen molar-refractivity contribution in [2.45, 2.75) is 19.8 Å². The Labute approximate surface area is 133 Å². The number of hydrogen-bond donors (Lipinski definition) is 1. The van der Waals surface area contributed by atoms with Crippen molar-refractivity contribution in [3.63, 3.8) is 0 Å². The second-order valence-electron chi connectivity index (χ2n) is 5.91. The largest absolute Gasteiger partial charge is 0.497 e. The van der Waals surface area contributed by atoms with Crippen molar-refractivity contribution in [1.29, 1.82) is 0 Å². The molecule has 1 amide bonds. The van der Waals surface area contributed by atoms with E-state index in [1.807, 2.05) is 43.1 Å². The maximum absolute atomic E-state index is 12.5. The molecule has 1 heterocycles. The van der Waals surface area contributed by atoms with Gasteiger partial charge in [-0.05, 0) is 62.5 Å². The number of rotatable bonds is 5. The minimum atomic E-state index is 0.112. The van der Waals surface area contributed by atoms with Gasteiger partial charge in [0.15, 0.2) is 0 Å². The standard InChI is InChI=1S/C18H26N2O2/c1-14(16-7-4-8-17(11-16)22-3)10-18(21)20-9-5-6-15(13-20)12-19-2/h4,7-8,10-11,15,19H,5-6,9,12-13H2,1-3H3. The predicted molar refractivity (Wildman–Crippen MR) is 89.9 cm³/mol. The van der Waals surface area contributed by atoms with Crippen LogP contribution in [-0.4, -0.2) is 44.6 Å². The van der Waals surface area contributed by atoms with E-state index in [1.165, 1.54) is 6.42 Å². The Morgan fingerprint density at radius 2 is 2.32 bits per heavy atom. The molecule has 0 aliphatic carbocycles. The Morgan fingerprint density at radius 1 is 1.50 bits per heavy atom. The number of nitrogens with one attached hydrogen (secondary N) is 1. The van der Waals surface area contributed by atoms with Crippen LogP contribution in [-0.2, 0) is 4.79 Å². The molecular formula is C18H26N2O2. The molecule has 22 heavy (non-hydrogen) atoms. The van der Waals surface area contributed by atoms with Crippen LogP contribution in [0.1, 0.15) is 25.3 Å². The van der Waals surface area contributed by atoms with E-state index >= 15 is 0 Å². The zero-order chi connectivity index (χ0) is 15.9. The minimum absolute atomic E-state index is 0.112. The summed E-state index contributed by atoms with van der Waals surface area (Å²) in [4.78, 5) is 14.5. The first kappa shape index (κ1) is 16.6. The van der Waals surface area contributed by atoms with Crippen LogP contribution in [0.15, 0.2) is 30.3 Å². The van der Waals surface area contributed by atoms with Crippen LogP contribution >= 0.6 is 0 Å². The maximum atomic E-state index is 12.5. The quantitative estimate of drug-likeness (QED) is 0.850. The molecule has 1 N–H and O–H groups in total. The molecule has 0 radical (unpaired) electrons. The van der Waals surface area contributed by atoms with Gasteiger partial charge in [0.05, 0.1) is 7.11 Å². The normalized spacial score (nSPS) is 19.1. The van der Waals surface area contributed by atoms with Crippen LogP contribution in [0.5, 0.6) is 5.75 Å². The van der Waals surface area contributed by atoms with E-state index in [-0.39, 0.29) is 5.91 Å². The molecule has 4 heteroatoms. The molecule has 1 fully saturated rings. The number of amides is 1. The molecule has 1 aliphatic rings. The lowest BCUT2D eigenvalue weighted by atomic mass is 9.97. The van der Waals surface area contributed by atoms with Crippen LogP contribution < -0.4 is 10.1 Å². The van der Waals surface area contributed by atoms with Crippen molar-refractivity contribution in [3.8, 4) is 5.75 Å². The van der Waals surface area contributed by atoms with Crippen LogP contribution in [0.3, 0.4) is 0 Å². The first-order chi connectivity index (χ1) is 10.6. The molecule has 2 rings (SSSR count). The fourth-order valence-corrected chi connectivity index (χ4v) is 2.95. The number of nitrogens with zero attached hydrogens (tertiary/aromatic N) is 1. The van der Waals surface area contributed by atoms with Crippen LogP contribution in [0.4, 0.5) is 0 Å². The molecule has 1 aliphatic heterocycles. The summed E-state index contributed by atoms with van der Waals surface area (Å²) in [5, 5.41) is 3.21. The highest BCUT2D eigenvalue weighted by molar-refractivity contribution is 5.95. The molecule has 1 aromatic carbocycles. The number of hydrogen-bond acceptors (Lipinski definition) is 3. The summed E-state index contributed by atoms with van der Waals surface area (Å²) in [6.45, 7) is 4.66. The third-order valence-corrected chi connectivity index (χ3v) is 4.19. The lowest BCUT2D eigenvalue weighted by Gasteiger charge is -2.32. The molecule has 0 aromatic heterocycles. The van der Waals surface area contributed by atoms with Gasteiger partial charge in [0, 0.05) is 19.2 Å². The van der Waals surface area contributed by atoms with Gasteiger partial charge in [-0.25, -0.2) is 0 Å². The highest BCUT2D eigenvalue weighted by Crippen LogP contribution is 2.21. The molecule has 120 valence electrons. The molecule has 4 nitrogen and oxygen atoms in total. The second kappa shape index (κ2) is 7.99. The zero-order valence-electron chi connectivity index (χ0n) is 13.8. The third kappa shape index (κ3) is 4.34. The lowest BCUT2D eigenvalue weighted by molar-refractivity contribution is -0.127. The van der Waals surface area contributed by atoms with Crippen LogP contribution in [0, 0.1) is 5.92 Å². The van der Waals surface area contributed by atoms with E-state index in [9.17, 15) is 4.79 Å². The Bertz CT molecular complexity index is 538. The van der Waals surface area contributed by atoms with Gasteiger partial charge in [-0.3, -0.25) is 4.79 Å². The summed E-state index contributed by atoms with van der Waals surface area (Å²) < 4.78 is 5.24. The molecule has 0 saturated carbocycles. The number of piperidine rings is 1. The zero-order valence-corrected chi connectivity index (χ0v) is 13.8. The van der Waals surface area contributed by atoms with E-state index in [4.69, 9.17) is 4.74 Å². The average Bonchev–Trinajstić information content (AvgIpc) is 2.55. The van der Waals surface area contributed by atoms with E-state index in [0.717, 1.165) is 42.9 Å². The number of carbonyl (C=O) groups is 1. The summed E-state index contributed by atoms with van der Waals surface area (Å²) >= 11 is 0. The number of allylic oxidation sites excluding steroid dienone is 1. The number of carbonyl (C=O) groups excluding carboxylic acids is 1. The molecular weight excluding hydrogens is 276 g/mol. The third-order valence-electron chi connectivity index (χ3n) is 4.19.